The first-order chi connectivity index (χ1) is 2.94. The molecule has 0 aliphatic carbocycles. The summed E-state index contributed by atoms with van der Waals surface area (Å²) in [5.74, 6) is -1.44. The lowest BCUT2D eigenvalue weighted by molar-refractivity contribution is 0.374. The topological polar surface area (TPSA) is 130 Å². The second-order valence-electron chi connectivity index (χ2n) is 1.53. The van der Waals surface area contributed by atoms with Crippen LogP contribution in [0.25, 0.3) is 0 Å². The summed E-state index contributed by atoms with van der Waals surface area (Å²) in [4.78, 5) is 0. The Morgan fingerprint density at radius 2 is 1.14 bits per heavy atom. The van der Waals surface area contributed by atoms with Crippen molar-refractivity contribution in [3.63, 3.8) is 0 Å². The third-order valence-electron chi connectivity index (χ3n) is 0.577. The molecule has 0 fully saturated rings. The minimum atomic E-state index is -1.44. The second-order valence-corrected chi connectivity index (χ2v) is 1.53. The van der Waals surface area contributed by atoms with E-state index in [-0.39, 0.29) is 0 Å². The quantitative estimate of drug-likeness (QED) is 0.224. The molecule has 5 heteroatoms. The first-order valence-electron chi connectivity index (χ1n) is 1.82. The molecule has 0 saturated carbocycles. The fourth-order valence-electron chi connectivity index (χ4n) is 0. The van der Waals surface area contributed by atoms with Gasteiger partial charge in [-0.25, -0.2) is 0 Å². The standard InChI is InChI=1S/C2H11N5/c3-1(4)2(5,6)7/h1H,3-7H2. The molecule has 0 aromatic heterocycles. The van der Waals surface area contributed by atoms with Crippen molar-refractivity contribution in [1.29, 1.82) is 0 Å². The van der Waals surface area contributed by atoms with Gasteiger partial charge in [-0.1, -0.05) is 0 Å². The van der Waals surface area contributed by atoms with Gasteiger partial charge in [-0.2, -0.15) is 0 Å². The van der Waals surface area contributed by atoms with E-state index in [4.69, 9.17) is 28.7 Å². The Morgan fingerprint density at radius 1 is 1.00 bits per heavy atom. The lowest BCUT2D eigenvalue weighted by atomic mass is 10.3. The van der Waals surface area contributed by atoms with Gasteiger partial charge in [0.25, 0.3) is 0 Å². The van der Waals surface area contributed by atoms with Gasteiger partial charge in [-0.05, 0) is 0 Å². The molecule has 0 heterocycles. The van der Waals surface area contributed by atoms with Crippen molar-refractivity contribution >= 4 is 0 Å². The molecule has 0 unspecified atom stereocenters. The summed E-state index contributed by atoms with van der Waals surface area (Å²) >= 11 is 0. The molecule has 7 heavy (non-hydrogen) atoms. The van der Waals surface area contributed by atoms with Gasteiger partial charge in [-0.15, -0.1) is 0 Å². The second kappa shape index (κ2) is 1.73. The van der Waals surface area contributed by atoms with Crippen molar-refractivity contribution in [1.82, 2.24) is 0 Å². The van der Waals surface area contributed by atoms with E-state index in [1.54, 1.807) is 0 Å². The molecule has 0 amide bonds. The molecule has 0 spiro atoms. The highest BCUT2D eigenvalue weighted by Gasteiger charge is 2.16. The molecule has 0 aromatic rings. The minimum Gasteiger partial charge on any atom is -0.312 e. The van der Waals surface area contributed by atoms with Crippen LogP contribution in [0.3, 0.4) is 0 Å². The maximum atomic E-state index is 4.98. The molecule has 0 aromatic carbocycles. The van der Waals surface area contributed by atoms with Gasteiger partial charge in [0, 0.05) is 0 Å². The highest BCUT2D eigenvalue weighted by Crippen LogP contribution is 1.73. The van der Waals surface area contributed by atoms with Gasteiger partial charge in [0.2, 0.25) is 0 Å². The molecular weight excluding hydrogens is 94.1 g/mol. The average Bonchev–Trinajstić information content (AvgIpc) is 1.31. The molecule has 0 rings (SSSR count). The predicted octanol–water partition coefficient (Wildman–Crippen LogP) is -3.24. The number of rotatable bonds is 1. The van der Waals surface area contributed by atoms with E-state index < -0.39 is 12.0 Å². The van der Waals surface area contributed by atoms with Crippen LogP contribution in [0.2, 0.25) is 0 Å². The Labute approximate surface area is 41.8 Å². The Morgan fingerprint density at radius 3 is 1.14 bits per heavy atom. The van der Waals surface area contributed by atoms with E-state index in [9.17, 15) is 0 Å². The Hall–Kier alpha value is -0.200. The lowest BCUT2D eigenvalue weighted by Gasteiger charge is -2.21. The molecule has 0 aliphatic rings. The minimum absolute atomic E-state index is 0.868. The zero-order valence-electron chi connectivity index (χ0n) is 3.96. The maximum Gasteiger partial charge on any atom is 0.145 e. The molecule has 44 valence electrons. The Balaban J connectivity index is 3.54. The first kappa shape index (κ1) is 6.80. The summed E-state index contributed by atoms with van der Waals surface area (Å²) in [6, 6.07) is 0. The SMILES string of the molecule is NC(N)C(N)(N)N. The highest BCUT2D eigenvalue weighted by molar-refractivity contribution is 4.76. The molecule has 0 bridgehead atoms. The van der Waals surface area contributed by atoms with Crippen LogP contribution >= 0.6 is 0 Å². The zero-order valence-corrected chi connectivity index (χ0v) is 3.96. The van der Waals surface area contributed by atoms with E-state index in [0.29, 0.717) is 0 Å². The summed E-state index contributed by atoms with van der Waals surface area (Å²) < 4.78 is 0. The van der Waals surface area contributed by atoms with E-state index in [1.165, 1.54) is 0 Å². The van der Waals surface area contributed by atoms with Crippen molar-refractivity contribution in [2.45, 2.75) is 12.0 Å². The fourth-order valence-corrected chi connectivity index (χ4v) is 0. The molecule has 5 nitrogen and oxygen atoms in total. The molecular formula is C2H11N5. The smallest absolute Gasteiger partial charge is 0.145 e. The normalized spacial score (nSPS) is 12.9. The van der Waals surface area contributed by atoms with Crippen LogP contribution < -0.4 is 28.7 Å². The van der Waals surface area contributed by atoms with Crippen LogP contribution in [-0.2, 0) is 0 Å². The molecule has 10 N–H and O–H groups in total. The average molecular weight is 105 g/mol. The van der Waals surface area contributed by atoms with Crippen LogP contribution in [0, 0.1) is 0 Å². The number of hydrogen-bond acceptors (Lipinski definition) is 5. The Kier molecular flexibility index (Phi) is 1.68. The fraction of sp³-hybridized carbons (Fsp3) is 1.00. The largest absolute Gasteiger partial charge is 0.312 e. The van der Waals surface area contributed by atoms with Gasteiger partial charge in [0.05, 0.1) is 6.17 Å². The van der Waals surface area contributed by atoms with Crippen molar-refractivity contribution in [2.75, 3.05) is 0 Å². The van der Waals surface area contributed by atoms with E-state index in [1.807, 2.05) is 0 Å². The maximum absolute atomic E-state index is 4.98. The molecule has 0 radical (unpaired) electrons. The summed E-state index contributed by atoms with van der Waals surface area (Å²) in [5.41, 5.74) is 24.9. The first-order valence-corrected chi connectivity index (χ1v) is 1.82. The molecule has 0 aliphatic heterocycles. The van der Waals surface area contributed by atoms with Crippen molar-refractivity contribution in [3.8, 4) is 0 Å². The van der Waals surface area contributed by atoms with Crippen molar-refractivity contribution in [2.24, 2.45) is 28.7 Å². The van der Waals surface area contributed by atoms with Crippen LogP contribution in [-0.4, -0.2) is 12.0 Å². The van der Waals surface area contributed by atoms with Crippen LogP contribution in [0.15, 0.2) is 0 Å². The van der Waals surface area contributed by atoms with E-state index in [0.717, 1.165) is 0 Å². The number of nitrogens with two attached hydrogens (primary N) is 5. The molecule has 0 saturated heterocycles. The van der Waals surface area contributed by atoms with Crippen LogP contribution in [0.4, 0.5) is 0 Å². The zero-order chi connectivity index (χ0) is 6.08. The van der Waals surface area contributed by atoms with Crippen molar-refractivity contribution < 1.29 is 0 Å². The number of hydrogen-bond donors (Lipinski definition) is 5. The monoisotopic (exact) mass is 105 g/mol. The van der Waals surface area contributed by atoms with Gasteiger partial charge < -0.3 is 11.5 Å². The molecule has 0 atom stereocenters. The Bertz CT molecular complexity index is 51.6. The van der Waals surface area contributed by atoms with Crippen LogP contribution in [0.5, 0.6) is 0 Å². The van der Waals surface area contributed by atoms with Gasteiger partial charge >= 0.3 is 0 Å². The third kappa shape index (κ3) is 2.49. The highest BCUT2D eigenvalue weighted by atomic mass is 15.2. The lowest BCUT2D eigenvalue weighted by Crippen LogP contribution is -2.72. The van der Waals surface area contributed by atoms with Gasteiger partial charge in [0.15, 0.2) is 0 Å². The van der Waals surface area contributed by atoms with Gasteiger partial charge in [-0.3, -0.25) is 17.2 Å². The third-order valence-corrected chi connectivity index (χ3v) is 0.577. The summed E-state index contributed by atoms with van der Waals surface area (Å²) in [5, 5.41) is 0. The van der Waals surface area contributed by atoms with E-state index in [2.05, 4.69) is 0 Å². The summed E-state index contributed by atoms with van der Waals surface area (Å²) in [7, 11) is 0. The summed E-state index contributed by atoms with van der Waals surface area (Å²) in [6.45, 7) is 0. The van der Waals surface area contributed by atoms with Gasteiger partial charge in [0.1, 0.15) is 5.79 Å². The van der Waals surface area contributed by atoms with Crippen LogP contribution in [0.1, 0.15) is 0 Å². The predicted molar refractivity (Wildman–Crippen MR) is 27.5 cm³/mol. The van der Waals surface area contributed by atoms with Crippen molar-refractivity contribution in [3.05, 3.63) is 0 Å². The van der Waals surface area contributed by atoms with E-state index >= 15 is 0 Å². The summed E-state index contributed by atoms with van der Waals surface area (Å²) in [6.07, 6.45) is -0.868.